The third kappa shape index (κ3) is 1.60. The zero-order valence-electron chi connectivity index (χ0n) is 7.04. The van der Waals surface area contributed by atoms with Gasteiger partial charge in [0.05, 0.1) is 6.10 Å². The van der Waals surface area contributed by atoms with Gasteiger partial charge < -0.3 is 24.8 Å². The highest BCUT2D eigenvalue weighted by Crippen LogP contribution is 2.20. The lowest BCUT2D eigenvalue weighted by Crippen LogP contribution is -2.57. The SMILES string of the molecule is CO[C@H]1O[C@@H](C)[C@@H](O)[C@H](O)[C@@H]1O. The van der Waals surface area contributed by atoms with E-state index in [9.17, 15) is 15.3 Å². The van der Waals surface area contributed by atoms with Gasteiger partial charge in [-0.05, 0) is 6.92 Å². The molecule has 0 unspecified atom stereocenters. The van der Waals surface area contributed by atoms with Crippen molar-refractivity contribution >= 4 is 0 Å². The van der Waals surface area contributed by atoms with Gasteiger partial charge in [0.2, 0.25) is 0 Å². The smallest absolute Gasteiger partial charge is 0.186 e. The van der Waals surface area contributed by atoms with E-state index in [-0.39, 0.29) is 0 Å². The van der Waals surface area contributed by atoms with Gasteiger partial charge in [-0.15, -0.1) is 0 Å². The molecular weight excluding hydrogens is 164 g/mol. The Kier molecular flexibility index (Phi) is 3.03. The van der Waals surface area contributed by atoms with Gasteiger partial charge in [0, 0.05) is 7.11 Å². The first-order chi connectivity index (χ1) is 5.57. The van der Waals surface area contributed by atoms with Gasteiger partial charge >= 0.3 is 0 Å². The second-order valence-corrected chi connectivity index (χ2v) is 2.92. The Hall–Kier alpha value is -0.200. The largest absolute Gasteiger partial charge is 0.388 e. The molecule has 0 aliphatic carbocycles. The molecule has 5 heteroatoms. The van der Waals surface area contributed by atoms with E-state index in [0.29, 0.717) is 0 Å². The summed E-state index contributed by atoms with van der Waals surface area (Å²) in [5, 5.41) is 27.8. The molecule has 0 saturated carbocycles. The monoisotopic (exact) mass is 178 g/mol. The van der Waals surface area contributed by atoms with Gasteiger partial charge in [-0.25, -0.2) is 0 Å². The van der Waals surface area contributed by atoms with E-state index >= 15 is 0 Å². The van der Waals surface area contributed by atoms with Crippen molar-refractivity contribution in [3.63, 3.8) is 0 Å². The molecule has 0 aromatic heterocycles. The molecule has 0 amide bonds. The molecule has 12 heavy (non-hydrogen) atoms. The van der Waals surface area contributed by atoms with Crippen LogP contribution in [-0.2, 0) is 9.47 Å². The Morgan fingerprint density at radius 3 is 2.17 bits per heavy atom. The van der Waals surface area contributed by atoms with Crippen LogP contribution in [0.3, 0.4) is 0 Å². The summed E-state index contributed by atoms with van der Waals surface area (Å²) in [5.74, 6) is 0. The molecule has 1 saturated heterocycles. The predicted octanol–water partition coefficient (Wildman–Crippen LogP) is -1.54. The Bertz CT molecular complexity index is 146. The number of rotatable bonds is 1. The molecule has 1 rings (SSSR count). The summed E-state index contributed by atoms with van der Waals surface area (Å²) in [6.45, 7) is 1.60. The molecule has 0 spiro atoms. The molecule has 5 atom stereocenters. The first-order valence-electron chi connectivity index (χ1n) is 3.80. The Balaban J connectivity index is 2.63. The molecule has 1 heterocycles. The van der Waals surface area contributed by atoms with Crippen LogP contribution in [0.1, 0.15) is 6.92 Å². The van der Waals surface area contributed by atoms with Crippen LogP contribution < -0.4 is 0 Å². The maximum atomic E-state index is 9.27. The fourth-order valence-corrected chi connectivity index (χ4v) is 1.21. The highest BCUT2D eigenvalue weighted by atomic mass is 16.7. The number of hydrogen-bond donors (Lipinski definition) is 3. The summed E-state index contributed by atoms with van der Waals surface area (Å²) in [7, 11) is 1.37. The zero-order valence-corrected chi connectivity index (χ0v) is 7.04. The second kappa shape index (κ2) is 3.68. The quantitative estimate of drug-likeness (QED) is 0.453. The maximum Gasteiger partial charge on any atom is 0.186 e. The standard InChI is InChI=1S/C7H14O5/c1-3-4(8)5(9)6(10)7(11-2)12-3/h3-10H,1-2H3/t3-,4+,5-,6-,7-/m0/s1. The van der Waals surface area contributed by atoms with Crippen LogP contribution in [0.25, 0.3) is 0 Å². The van der Waals surface area contributed by atoms with Crippen LogP contribution in [0, 0.1) is 0 Å². The Morgan fingerprint density at radius 1 is 1.08 bits per heavy atom. The lowest BCUT2D eigenvalue weighted by molar-refractivity contribution is -0.286. The summed E-state index contributed by atoms with van der Waals surface area (Å²) in [4.78, 5) is 0. The molecule has 0 aromatic carbocycles. The van der Waals surface area contributed by atoms with Gasteiger partial charge in [-0.1, -0.05) is 0 Å². The Morgan fingerprint density at radius 2 is 1.67 bits per heavy atom. The van der Waals surface area contributed by atoms with Gasteiger partial charge in [-0.3, -0.25) is 0 Å². The third-order valence-corrected chi connectivity index (χ3v) is 2.04. The summed E-state index contributed by atoms with van der Waals surface area (Å²) >= 11 is 0. The molecule has 1 aliphatic heterocycles. The van der Waals surface area contributed by atoms with Crippen molar-refractivity contribution in [3.8, 4) is 0 Å². The number of methoxy groups -OCH3 is 1. The van der Waals surface area contributed by atoms with Crippen LogP contribution in [0.4, 0.5) is 0 Å². The van der Waals surface area contributed by atoms with E-state index in [1.54, 1.807) is 6.92 Å². The number of ether oxygens (including phenoxy) is 2. The van der Waals surface area contributed by atoms with Gasteiger partial charge in [0.25, 0.3) is 0 Å². The van der Waals surface area contributed by atoms with Crippen molar-refractivity contribution in [2.24, 2.45) is 0 Å². The summed E-state index contributed by atoms with van der Waals surface area (Å²) in [6, 6.07) is 0. The van der Waals surface area contributed by atoms with Gasteiger partial charge in [0.1, 0.15) is 18.3 Å². The van der Waals surface area contributed by atoms with Crippen molar-refractivity contribution in [2.45, 2.75) is 37.6 Å². The Labute approximate surface area is 70.5 Å². The van der Waals surface area contributed by atoms with E-state index in [1.165, 1.54) is 7.11 Å². The van der Waals surface area contributed by atoms with Crippen LogP contribution in [0.5, 0.6) is 0 Å². The van der Waals surface area contributed by atoms with E-state index in [2.05, 4.69) is 0 Å². The molecule has 1 fully saturated rings. The van der Waals surface area contributed by atoms with E-state index in [0.717, 1.165) is 0 Å². The number of aliphatic hydroxyl groups is 3. The predicted molar refractivity (Wildman–Crippen MR) is 39.4 cm³/mol. The van der Waals surface area contributed by atoms with Crippen molar-refractivity contribution in [1.82, 2.24) is 0 Å². The van der Waals surface area contributed by atoms with Crippen molar-refractivity contribution in [3.05, 3.63) is 0 Å². The van der Waals surface area contributed by atoms with E-state index in [1.807, 2.05) is 0 Å². The molecule has 0 radical (unpaired) electrons. The maximum absolute atomic E-state index is 9.27. The highest BCUT2D eigenvalue weighted by Gasteiger charge is 2.41. The molecule has 5 nitrogen and oxygen atoms in total. The first kappa shape index (κ1) is 9.88. The van der Waals surface area contributed by atoms with Crippen molar-refractivity contribution in [2.75, 3.05) is 7.11 Å². The summed E-state index contributed by atoms with van der Waals surface area (Å²) < 4.78 is 9.80. The van der Waals surface area contributed by atoms with Gasteiger partial charge in [-0.2, -0.15) is 0 Å². The van der Waals surface area contributed by atoms with Crippen LogP contribution in [0.2, 0.25) is 0 Å². The average Bonchev–Trinajstić information content (AvgIpc) is 2.08. The summed E-state index contributed by atoms with van der Waals surface area (Å²) in [6.07, 6.45) is -4.86. The van der Waals surface area contributed by atoms with E-state index in [4.69, 9.17) is 9.47 Å². The highest BCUT2D eigenvalue weighted by molar-refractivity contribution is 4.86. The molecule has 0 aromatic rings. The minimum Gasteiger partial charge on any atom is -0.388 e. The van der Waals surface area contributed by atoms with Crippen LogP contribution in [0.15, 0.2) is 0 Å². The zero-order chi connectivity index (χ0) is 9.30. The molecule has 72 valence electrons. The third-order valence-electron chi connectivity index (χ3n) is 2.04. The topological polar surface area (TPSA) is 79.2 Å². The van der Waals surface area contributed by atoms with Crippen molar-refractivity contribution < 1.29 is 24.8 Å². The number of aliphatic hydroxyl groups excluding tert-OH is 3. The minimum atomic E-state index is -1.21. The molecular formula is C7H14O5. The minimum absolute atomic E-state index is 0.534. The van der Waals surface area contributed by atoms with E-state index < -0.39 is 30.7 Å². The normalized spacial score (nSPS) is 49.2. The average molecular weight is 178 g/mol. The summed E-state index contributed by atoms with van der Waals surface area (Å²) in [5.41, 5.74) is 0. The lowest BCUT2D eigenvalue weighted by Gasteiger charge is -2.38. The first-order valence-corrected chi connectivity index (χ1v) is 3.80. The molecule has 1 aliphatic rings. The molecule has 3 N–H and O–H groups in total. The fourth-order valence-electron chi connectivity index (χ4n) is 1.21. The van der Waals surface area contributed by atoms with Crippen LogP contribution in [-0.4, -0.2) is 53.1 Å². The van der Waals surface area contributed by atoms with Crippen molar-refractivity contribution in [1.29, 1.82) is 0 Å². The fraction of sp³-hybridized carbons (Fsp3) is 1.00. The molecule has 0 bridgehead atoms. The second-order valence-electron chi connectivity index (χ2n) is 2.92. The number of hydrogen-bond acceptors (Lipinski definition) is 5. The van der Waals surface area contributed by atoms with Gasteiger partial charge in [0.15, 0.2) is 6.29 Å². The van der Waals surface area contributed by atoms with Crippen LogP contribution >= 0.6 is 0 Å². The lowest BCUT2D eigenvalue weighted by atomic mass is 10.0.